The summed E-state index contributed by atoms with van der Waals surface area (Å²) in [7, 11) is 0. The normalized spacial score (nSPS) is 16.7. The van der Waals surface area contributed by atoms with Crippen molar-refractivity contribution in [3.05, 3.63) is 66.2 Å². The number of carbonyl (C=O) groups is 1. The summed E-state index contributed by atoms with van der Waals surface area (Å²) in [6, 6.07) is 19.7. The van der Waals surface area contributed by atoms with Crippen LogP contribution in [0.25, 0.3) is 5.69 Å². The van der Waals surface area contributed by atoms with E-state index in [1.807, 2.05) is 60.7 Å². The van der Waals surface area contributed by atoms with Crippen molar-refractivity contribution in [3.63, 3.8) is 0 Å². The summed E-state index contributed by atoms with van der Waals surface area (Å²) < 4.78 is 1.77. The lowest BCUT2D eigenvalue weighted by atomic mass is 9.98. The first-order valence-electron chi connectivity index (χ1n) is 9.69. The van der Waals surface area contributed by atoms with Gasteiger partial charge in [-0.05, 0) is 46.9 Å². The highest BCUT2D eigenvalue weighted by molar-refractivity contribution is 5.78. The number of tetrazole rings is 1. The molecule has 1 atom stereocenters. The number of anilines is 1. The molecule has 0 saturated carbocycles. The van der Waals surface area contributed by atoms with E-state index in [0.29, 0.717) is 18.9 Å². The van der Waals surface area contributed by atoms with E-state index in [1.165, 1.54) is 0 Å². The Labute approximate surface area is 164 Å². The molecule has 7 nitrogen and oxygen atoms in total. The standard InChI is InChI=1S/C21H24N6O/c28-20(14-17-8-3-1-4-9-17)22-15-18-10-7-13-26(16-18)21-23-24-25-27(21)19-11-5-2-6-12-19/h1-6,8-9,11-12,18H,7,10,13-16H2,(H,22,28). The fourth-order valence-corrected chi connectivity index (χ4v) is 3.63. The van der Waals surface area contributed by atoms with E-state index in [1.54, 1.807) is 4.68 Å². The molecular weight excluding hydrogens is 352 g/mol. The van der Waals surface area contributed by atoms with Gasteiger partial charge in [0.1, 0.15) is 0 Å². The second-order valence-corrected chi connectivity index (χ2v) is 7.15. The van der Waals surface area contributed by atoms with Gasteiger partial charge in [-0.25, -0.2) is 0 Å². The lowest BCUT2D eigenvalue weighted by Gasteiger charge is -2.33. The van der Waals surface area contributed by atoms with Gasteiger partial charge in [-0.2, -0.15) is 4.68 Å². The molecule has 1 N–H and O–H groups in total. The topological polar surface area (TPSA) is 75.9 Å². The van der Waals surface area contributed by atoms with Crippen molar-refractivity contribution in [3.8, 4) is 5.69 Å². The Hall–Kier alpha value is -3.22. The van der Waals surface area contributed by atoms with E-state index in [4.69, 9.17) is 0 Å². The second kappa shape index (κ2) is 8.65. The molecule has 2 aromatic carbocycles. The Bertz CT molecular complexity index is 896. The van der Waals surface area contributed by atoms with Crippen molar-refractivity contribution in [1.82, 2.24) is 25.5 Å². The number of benzene rings is 2. The molecular formula is C21H24N6O. The highest BCUT2D eigenvalue weighted by Crippen LogP contribution is 2.22. The Morgan fingerprint density at radius 1 is 1.07 bits per heavy atom. The number of piperidine rings is 1. The van der Waals surface area contributed by atoms with Gasteiger partial charge in [0, 0.05) is 19.6 Å². The fraction of sp³-hybridized carbons (Fsp3) is 0.333. The van der Waals surface area contributed by atoms with Gasteiger partial charge in [0.05, 0.1) is 12.1 Å². The van der Waals surface area contributed by atoms with Crippen molar-refractivity contribution >= 4 is 11.9 Å². The predicted octanol–water partition coefficient (Wildman–Crippen LogP) is 2.24. The first-order chi connectivity index (χ1) is 13.8. The van der Waals surface area contributed by atoms with Crippen molar-refractivity contribution in [2.45, 2.75) is 19.3 Å². The number of hydrogen-bond acceptors (Lipinski definition) is 5. The van der Waals surface area contributed by atoms with E-state index in [0.717, 1.165) is 43.1 Å². The zero-order valence-electron chi connectivity index (χ0n) is 15.7. The zero-order chi connectivity index (χ0) is 19.2. The molecule has 2 heterocycles. The van der Waals surface area contributed by atoms with Gasteiger partial charge < -0.3 is 10.2 Å². The van der Waals surface area contributed by atoms with Crippen LogP contribution in [0.15, 0.2) is 60.7 Å². The largest absolute Gasteiger partial charge is 0.355 e. The van der Waals surface area contributed by atoms with E-state index in [9.17, 15) is 4.79 Å². The number of rotatable bonds is 6. The minimum Gasteiger partial charge on any atom is -0.355 e. The van der Waals surface area contributed by atoms with Crippen LogP contribution in [0.5, 0.6) is 0 Å². The van der Waals surface area contributed by atoms with Gasteiger partial charge >= 0.3 is 0 Å². The van der Waals surface area contributed by atoms with Crippen molar-refractivity contribution in [1.29, 1.82) is 0 Å². The smallest absolute Gasteiger partial charge is 0.250 e. The molecule has 0 aliphatic carbocycles. The third kappa shape index (κ3) is 4.36. The van der Waals surface area contributed by atoms with Crippen LogP contribution in [0.4, 0.5) is 5.95 Å². The van der Waals surface area contributed by atoms with Crippen molar-refractivity contribution < 1.29 is 4.79 Å². The number of nitrogens with one attached hydrogen (secondary N) is 1. The molecule has 144 valence electrons. The number of amides is 1. The summed E-state index contributed by atoms with van der Waals surface area (Å²) >= 11 is 0. The van der Waals surface area contributed by atoms with Gasteiger partial charge in [0.25, 0.3) is 0 Å². The van der Waals surface area contributed by atoms with Crippen LogP contribution in [-0.2, 0) is 11.2 Å². The molecule has 1 aliphatic rings. The monoisotopic (exact) mass is 376 g/mol. The first kappa shape index (κ1) is 18.2. The SMILES string of the molecule is O=C(Cc1ccccc1)NCC1CCCN(c2nnnn2-c2ccccc2)C1. The van der Waals surface area contributed by atoms with Crippen molar-refractivity contribution in [2.24, 2.45) is 5.92 Å². The predicted molar refractivity (Wildman–Crippen MR) is 107 cm³/mol. The minimum absolute atomic E-state index is 0.0671. The third-order valence-electron chi connectivity index (χ3n) is 5.05. The number of aromatic nitrogens is 4. The molecule has 1 saturated heterocycles. The maximum absolute atomic E-state index is 12.2. The molecule has 1 aliphatic heterocycles. The molecule has 0 spiro atoms. The van der Waals surface area contributed by atoms with Crippen molar-refractivity contribution in [2.75, 3.05) is 24.5 Å². The molecule has 0 radical (unpaired) electrons. The highest BCUT2D eigenvalue weighted by Gasteiger charge is 2.24. The van der Waals surface area contributed by atoms with Crippen LogP contribution in [0.1, 0.15) is 18.4 Å². The van der Waals surface area contributed by atoms with Gasteiger partial charge in [-0.15, -0.1) is 0 Å². The number of nitrogens with zero attached hydrogens (tertiary/aromatic N) is 5. The van der Waals surface area contributed by atoms with Crippen LogP contribution < -0.4 is 10.2 Å². The summed E-state index contributed by atoms with van der Waals surface area (Å²) in [4.78, 5) is 14.5. The van der Waals surface area contributed by atoms with E-state index in [2.05, 4.69) is 25.7 Å². The molecule has 1 amide bonds. The van der Waals surface area contributed by atoms with E-state index < -0.39 is 0 Å². The van der Waals surface area contributed by atoms with Gasteiger partial charge in [-0.3, -0.25) is 4.79 Å². The van der Waals surface area contributed by atoms with Crippen LogP contribution in [0, 0.1) is 5.92 Å². The minimum atomic E-state index is 0.0671. The Morgan fingerprint density at radius 3 is 2.61 bits per heavy atom. The second-order valence-electron chi connectivity index (χ2n) is 7.15. The molecule has 1 fully saturated rings. The first-order valence-corrected chi connectivity index (χ1v) is 9.69. The van der Waals surface area contributed by atoms with Gasteiger partial charge in [0.2, 0.25) is 11.9 Å². The lowest BCUT2D eigenvalue weighted by molar-refractivity contribution is -0.120. The quantitative estimate of drug-likeness (QED) is 0.714. The highest BCUT2D eigenvalue weighted by atomic mass is 16.1. The van der Waals surface area contributed by atoms with Gasteiger partial charge in [0.15, 0.2) is 0 Å². The maximum Gasteiger partial charge on any atom is 0.250 e. The van der Waals surface area contributed by atoms with Crippen LogP contribution in [-0.4, -0.2) is 45.7 Å². The average Bonchev–Trinajstić information content (AvgIpc) is 3.24. The molecule has 1 aromatic heterocycles. The van der Waals surface area contributed by atoms with Crippen LogP contribution in [0.3, 0.4) is 0 Å². The number of para-hydroxylation sites is 1. The number of carbonyl (C=O) groups excluding carboxylic acids is 1. The molecule has 28 heavy (non-hydrogen) atoms. The fourth-order valence-electron chi connectivity index (χ4n) is 3.63. The molecule has 0 bridgehead atoms. The summed E-state index contributed by atoms with van der Waals surface area (Å²) in [6.07, 6.45) is 2.57. The Kier molecular flexibility index (Phi) is 5.61. The zero-order valence-corrected chi connectivity index (χ0v) is 15.7. The Morgan fingerprint density at radius 2 is 1.82 bits per heavy atom. The van der Waals surface area contributed by atoms with Gasteiger partial charge in [-0.1, -0.05) is 53.6 Å². The van der Waals surface area contributed by atoms with E-state index in [-0.39, 0.29) is 5.91 Å². The molecule has 4 rings (SSSR count). The summed E-state index contributed by atoms with van der Waals surface area (Å²) in [5.74, 6) is 1.21. The maximum atomic E-state index is 12.2. The third-order valence-corrected chi connectivity index (χ3v) is 5.05. The summed E-state index contributed by atoms with van der Waals surface area (Å²) in [6.45, 7) is 2.43. The van der Waals surface area contributed by atoms with Crippen LogP contribution >= 0.6 is 0 Å². The average molecular weight is 376 g/mol. The van der Waals surface area contributed by atoms with E-state index >= 15 is 0 Å². The summed E-state index contributed by atoms with van der Waals surface area (Å²) in [5.41, 5.74) is 1.98. The molecule has 3 aromatic rings. The Balaban J connectivity index is 1.35. The summed E-state index contributed by atoms with van der Waals surface area (Å²) in [5, 5.41) is 15.4. The number of hydrogen-bond donors (Lipinski definition) is 1. The van der Waals surface area contributed by atoms with Crippen LogP contribution in [0.2, 0.25) is 0 Å². The lowest BCUT2D eigenvalue weighted by Crippen LogP contribution is -2.42. The molecule has 1 unspecified atom stereocenters. The molecule has 7 heteroatoms.